The van der Waals surface area contributed by atoms with Gasteiger partial charge in [0.1, 0.15) is 11.6 Å². The van der Waals surface area contributed by atoms with Crippen molar-refractivity contribution in [1.29, 1.82) is 0 Å². The molecule has 0 saturated carbocycles. The average Bonchev–Trinajstić information content (AvgIpc) is 2.76. The van der Waals surface area contributed by atoms with Crippen molar-refractivity contribution >= 4 is 0 Å². The number of nitrogens with zero attached hydrogens (tertiary/aromatic N) is 3. The number of aromatic nitrogens is 3. The molecule has 1 aliphatic heterocycles. The average molecular weight is 211 g/mol. The number of hydrogen-bond acceptors (Lipinski definition) is 4. The third-order valence-electron chi connectivity index (χ3n) is 2.83. The summed E-state index contributed by atoms with van der Waals surface area (Å²) >= 11 is 0. The topological polar surface area (TPSA) is 60.2 Å². The van der Waals surface area contributed by atoms with Crippen LogP contribution in [0.4, 0.5) is 0 Å². The van der Waals surface area contributed by atoms with Crippen molar-refractivity contribution in [1.82, 2.24) is 14.8 Å². The first-order valence-corrected chi connectivity index (χ1v) is 5.30. The second kappa shape index (κ2) is 4.28. The van der Waals surface area contributed by atoms with Crippen LogP contribution in [-0.2, 0) is 11.3 Å². The molecule has 1 aromatic rings. The quantitative estimate of drug-likeness (QED) is 0.780. The summed E-state index contributed by atoms with van der Waals surface area (Å²) in [5.41, 5.74) is 0. The lowest BCUT2D eigenvalue weighted by Crippen LogP contribution is -2.27. The van der Waals surface area contributed by atoms with Gasteiger partial charge in [-0.05, 0) is 20.3 Å². The van der Waals surface area contributed by atoms with Crippen LogP contribution in [-0.4, -0.2) is 39.2 Å². The van der Waals surface area contributed by atoms with Crippen LogP contribution < -0.4 is 0 Å². The Balaban J connectivity index is 1.98. The molecule has 1 aromatic heterocycles. The van der Waals surface area contributed by atoms with Crippen molar-refractivity contribution in [3.63, 3.8) is 0 Å². The summed E-state index contributed by atoms with van der Waals surface area (Å²) in [5.74, 6) is 1.85. The van der Waals surface area contributed by atoms with E-state index in [1.807, 2.05) is 13.8 Å². The number of hydrogen-bond donors (Lipinski definition) is 1. The van der Waals surface area contributed by atoms with E-state index in [1.165, 1.54) is 0 Å². The highest BCUT2D eigenvalue weighted by Crippen LogP contribution is 2.18. The standard InChI is InChI=1S/C10H17N3O2/c1-7-11-8(2)13(12-7)5-10(14)9-3-4-15-6-9/h9-10,14H,3-6H2,1-2H3. The smallest absolute Gasteiger partial charge is 0.147 e. The molecule has 0 spiro atoms. The van der Waals surface area contributed by atoms with Crippen molar-refractivity contribution in [3.05, 3.63) is 11.6 Å². The Morgan fingerprint density at radius 3 is 2.93 bits per heavy atom. The van der Waals surface area contributed by atoms with Crippen LogP contribution in [0.25, 0.3) is 0 Å². The lowest BCUT2D eigenvalue weighted by Gasteiger charge is -2.16. The highest BCUT2D eigenvalue weighted by atomic mass is 16.5. The largest absolute Gasteiger partial charge is 0.391 e. The van der Waals surface area contributed by atoms with Crippen LogP contribution in [0.3, 0.4) is 0 Å². The Morgan fingerprint density at radius 2 is 2.40 bits per heavy atom. The van der Waals surface area contributed by atoms with Crippen LogP contribution in [0.5, 0.6) is 0 Å². The maximum Gasteiger partial charge on any atom is 0.147 e. The van der Waals surface area contributed by atoms with Crippen LogP contribution in [0.15, 0.2) is 0 Å². The first kappa shape index (κ1) is 10.6. The number of aliphatic hydroxyl groups excluding tert-OH is 1. The molecule has 0 amide bonds. The van der Waals surface area contributed by atoms with E-state index in [9.17, 15) is 5.11 Å². The van der Waals surface area contributed by atoms with E-state index in [1.54, 1.807) is 4.68 Å². The van der Waals surface area contributed by atoms with E-state index in [-0.39, 0.29) is 12.0 Å². The maximum absolute atomic E-state index is 9.97. The van der Waals surface area contributed by atoms with Gasteiger partial charge >= 0.3 is 0 Å². The molecule has 1 aliphatic rings. The number of aliphatic hydroxyl groups is 1. The van der Waals surface area contributed by atoms with Crippen molar-refractivity contribution in [2.24, 2.45) is 5.92 Å². The minimum atomic E-state index is -0.382. The fourth-order valence-corrected chi connectivity index (χ4v) is 1.92. The second-order valence-corrected chi connectivity index (χ2v) is 4.08. The summed E-state index contributed by atoms with van der Waals surface area (Å²) in [6.07, 6.45) is 0.556. The van der Waals surface area contributed by atoms with E-state index < -0.39 is 0 Å². The van der Waals surface area contributed by atoms with Gasteiger partial charge in [-0.15, -0.1) is 0 Å². The number of ether oxygens (including phenoxy) is 1. The van der Waals surface area contributed by atoms with Crippen molar-refractivity contribution in [3.8, 4) is 0 Å². The van der Waals surface area contributed by atoms with Gasteiger partial charge in [0.05, 0.1) is 19.3 Å². The zero-order valence-electron chi connectivity index (χ0n) is 9.18. The molecule has 5 heteroatoms. The zero-order chi connectivity index (χ0) is 10.8. The molecule has 0 bridgehead atoms. The Bertz CT molecular complexity index is 331. The predicted molar refractivity (Wildman–Crippen MR) is 54.4 cm³/mol. The van der Waals surface area contributed by atoms with Gasteiger partial charge in [0.2, 0.25) is 0 Å². The van der Waals surface area contributed by atoms with Gasteiger partial charge in [0.25, 0.3) is 0 Å². The van der Waals surface area contributed by atoms with Crippen LogP contribution in [0.2, 0.25) is 0 Å². The SMILES string of the molecule is Cc1nc(C)n(CC(O)C2CCOC2)n1. The molecule has 0 aliphatic carbocycles. The van der Waals surface area contributed by atoms with Gasteiger partial charge in [-0.25, -0.2) is 9.67 Å². The molecule has 2 atom stereocenters. The summed E-state index contributed by atoms with van der Waals surface area (Å²) in [4.78, 5) is 4.20. The van der Waals surface area contributed by atoms with E-state index >= 15 is 0 Å². The highest BCUT2D eigenvalue weighted by Gasteiger charge is 2.24. The molecule has 1 N–H and O–H groups in total. The lowest BCUT2D eigenvalue weighted by molar-refractivity contribution is 0.0741. The fraction of sp³-hybridized carbons (Fsp3) is 0.800. The van der Waals surface area contributed by atoms with Gasteiger partial charge in [-0.2, -0.15) is 5.10 Å². The van der Waals surface area contributed by atoms with Gasteiger partial charge < -0.3 is 9.84 Å². The fourth-order valence-electron chi connectivity index (χ4n) is 1.92. The minimum absolute atomic E-state index is 0.244. The molecule has 2 heterocycles. The number of rotatable bonds is 3. The van der Waals surface area contributed by atoms with E-state index in [0.29, 0.717) is 13.2 Å². The van der Waals surface area contributed by atoms with E-state index in [4.69, 9.17) is 4.74 Å². The lowest BCUT2D eigenvalue weighted by atomic mass is 10.0. The van der Waals surface area contributed by atoms with Gasteiger partial charge in [-0.1, -0.05) is 0 Å². The Labute approximate surface area is 89.1 Å². The van der Waals surface area contributed by atoms with Crippen molar-refractivity contribution in [2.75, 3.05) is 13.2 Å². The molecular formula is C10H17N3O2. The van der Waals surface area contributed by atoms with E-state index in [2.05, 4.69) is 10.1 Å². The Morgan fingerprint density at radius 1 is 1.60 bits per heavy atom. The maximum atomic E-state index is 9.97. The first-order chi connectivity index (χ1) is 7.16. The Kier molecular flexibility index (Phi) is 3.02. The molecular weight excluding hydrogens is 194 g/mol. The second-order valence-electron chi connectivity index (χ2n) is 4.08. The zero-order valence-corrected chi connectivity index (χ0v) is 9.18. The summed E-state index contributed by atoms with van der Waals surface area (Å²) in [6, 6.07) is 0. The summed E-state index contributed by atoms with van der Waals surface area (Å²) in [6.45, 7) is 5.69. The first-order valence-electron chi connectivity index (χ1n) is 5.30. The Hall–Kier alpha value is -0.940. The summed E-state index contributed by atoms with van der Waals surface area (Å²) in [7, 11) is 0. The molecule has 5 nitrogen and oxygen atoms in total. The van der Waals surface area contributed by atoms with Gasteiger partial charge in [0.15, 0.2) is 0 Å². The van der Waals surface area contributed by atoms with Gasteiger partial charge in [0, 0.05) is 12.5 Å². The van der Waals surface area contributed by atoms with E-state index in [0.717, 1.165) is 24.7 Å². The molecule has 2 rings (SSSR count). The van der Waals surface area contributed by atoms with Crippen LogP contribution in [0.1, 0.15) is 18.1 Å². The highest BCUT2D eigenvalue weighted by molar-refractivity contribution is 4.88. The third-order valence-corrected chi connectivity index (χ3v) is 2.83. The molecule has 2 unspecified atom stereocenters. The number of aryl methyl sites for hydroxylation is 2. The minimum Gasteiger partial charge on any atom is -0.391 e. The van der Waals surface area contributed by atoms with Gasteiger partial charge in [-0.3, -0.25) is 0 Å². The normalized spacial score (nSPS) is 23.3. The molecule has 1 saturated heterocycles. The van der Waals surface area contributed by atoms with Crippen LogP contribution in [0, 0.1) is 19.8 Å². The monoisotopic (exact) mass is 211 g/mol. The molecule has 84 valence electrons. The molecule has 0 radical (unpaired) electrons. The summed E-state index contributed by atoms with van der Waals surface area (Å²) in [5, 5.41) is 14.2. The predicted octanol–water partition coefficient (Wildman–Crippen LogP) is 0.292. The summed E-state index contributed by atoms with van der Waals surface area (Å²) < 4.78 is 7.01. The van der Waals surface area contributed by atoms with Crippen molar-refractivity contribution in [2.45, 2.75) is 32.9 Å². The third kappa shape index (κ3) is 2.35. The molecule has 0 aromatic carbocycles. The van der Waals surface area contributed by atoms with Crippen molar-refractivity contribution < 1.29 is 9.84 Å². The molecule has 15 heavy (non-hydrogen) atoms. The van der Waals surface area contributed by atoms with Crippen LogP contribution >= 0.6 is 0 Å². The molecule has 1 fully saturated rings.